The molecule has 196 valence electrons. The fourth-order valence-electron chi connectivity index (χ4n) is 4.42. The Bertz CT molecular complexity index is 435. The number of hydrogen-bond donors (Lipinski definition) is 1. The minimum absolute atomic E-state index is 0.00345. The number of carbonyl (C=O) groups is 2. The largest absolute Gasteiger partial charge is 0.481 e. The van der Waals surface area contributed by atoms with Gasteiger partial charge in [0.15, 0.2) is 0 Å². The minimum Gasteiger partial charge on any atom is -0.481 e. The van der Waals surface area contributed by atoms with Gasteiger partial charge in [-0.2, -0.15) is 0 Å². The summed E-state index contributed by atoms with van der Waals surface area (Å²) in [6, 6.07) is 0. The highest BCUT2D eigenvalue weighted by Gasteiger charge is 2.14. The zero-order valence-corrected chi connectivity index (χ0v) is 22.2. The summed E-state index contributed by atoms with van der Waals surface area (Å²) in [5, 5.41) is 8.69. The molecule has 0 aliphatic carbocycles. The van der Waals surface area contributed by atoms with E-state index in [4.69, 9.17) is 9.84 Å². The van der Waals surface area contributed by atoms with Crippen LogP contribution in [0.3, 0.4) is 0 Å². The van der Waals surface area contributed by atoms with Crippen LogP contribution in [-0.4, -0.2) is 23.1 Å². The van der Waals surface area contributed by atoms with E-state index >= 15 is 0 Å². The second kappa shape index (κ2) is 25.6. The van der Waals surface area contributed by atoms with Crippen LogP contribution in [0.15, 0.2) is 0 Å². The molecule has 0 saturated heterocycles. The summed E-state index contributed by atoms with van der Waals surface area (Å²) in [5.74, 6) is -0.690. The van der Waals surface area contributed by atoms with E-state index < -0.39 is 5.97 Å². The highest BCUT2D eigenvalue weighted by atomic mass is 16.5. The molecule has 0 aromatic rings. The molecule has 0 fully saturated rings. The second-order valence-corrected chi connectivity index (χ2v) is 9.95. The molecule has 1 atom stereocenters. The SMILES string of the molecule is CCCCCCCCCCCCC(=O)OC(CCCCCC)CCCCCCCCC(=O)O. The quantitative estimate of drug-likeness (QED) is 0.101. The van der Waals surface area contributed by atoms with Crippen molar-refractivity contribution in [1.29, 1.82) is 0 Å². The Labute approximate surface area is 205 Å². The molecule has 0 saturated carbocycles. The van der Waals surface area contributed by atoms with Gasteiger partial charge >= 0.3 is 11.9 Å². The lowest BCUT2D eigenvalue weighted by atomic mass is 10.0. The van der Waals surface area contributed by atoms with Gasteiger partial charge in [-0.25, -0.2) is 0 Å². The molecule has 4 heteroatoms. The number of carbonyl (C=O) groups excluding carboxylic acids is 1. The van der Waals surface area contributed by atoms with Gasteiger partial charge in [-0.1, -0.05) is 117 Å². The third kappa shape index (κ3) is 25.4. The average Bonchev–Trinajstić information content (AvgIpc) is 2.79. The second-order valence-electron chi connectivity index (χ2n) is 9.95. The highest BCUT2D eigenvalue weighted by Crippen LogP contribution is 2.18. The fourth-order valence-corrected chi connectivity index (χ4v) is 4.42. The summed E-state index contributed by atoms with van der Waals surface area (Å²) in [7, 11) is 0. The minimum atomic E-state index is -0.694. The molecular weight excluding hydrogens is 412 g/mol. The Morgan fingerprint density at radius 2 is 0.909 bits per heavy atom. The van der Waals surface area contributed by atoms with E-state index in [1.165, 1.54) is 70.6 Å². The third-order valence-electron chi connectivity index (χ3n) is 6.58. The molecule has 0 bridgehead atoms. The normalized spacial score (nSPS) is 12.1. The zero-order chi connectivity index (χ0) is 24.4. The Morgan fingerprint density at radius 3 is 1.36 bits per heavy atom. The smallest absolute Gasteiger partial charge is 0.306 e. The summed E-state index contributed by atoms with van der Waals surface area (Å²) in [6.45, 7) is 4.48. The molecule has 0 radical (unpaired) electrons. The fraction of sp³-hybridized carbons (Fsp3) is 0.931. The first-order chi connectivity index (χ1) is 16.1. The van der Waals surface area contributed by atoms with Crippen molar-refractivity contribution in [2.75, 3.05) is 0 Å². The summed E-state index contributed by atoms with van der Waals surface area (Å²) < 4.78 is 5.88. The first-order valence-corrected chi connectivity index (χ1v) is 14.5. The van der Waals surface area contributed by atoms with Crippen LogP contribution in [0.5, 0.6) is 0 Å². The van der Waals surface area contributed by atoms with Crippen molar-refractivity contribution in [2.45, 2.75) is 174 Å². The van der Waals surface area contributed by atoms with Crippen molar-refractivity contribution in [3.05, 3.63) is 0 Å². The molecular formula is C29H56O4. The van der Waals surface area contributed by atoms with Crippen molar-refractivity contribution in [2.24, 2.45) is 0 Å². The van der Waals surface area contributed by atoms with E-state index in [2.05, 4.69) is 13.8 Å². The van der Waals surface area contributed by atoms with Crippen LogP contribution in [0.1, 0.15) is 168 Å². The van der Waals surface area contributed by atoms with Gasteiger partial charge in [0.2, 0.25) is 0 Å². The summed E-state index contributed by atoms with van der Waals surface area (Å²) in [4.78, 5) is 22.9. The predicted molar refractivity (Wildman–Crippen MR) is 140 cm³/mol. The Hall–Kier alpha value is -1.06. The zero-order valence-electron chi connectivity index (χ0n) is 22.2. The lowest BCUT2D eigenvalue weighted by molar-refractivity contribution is -0.150. The molecule has 0 aliphatic rings. The molecule has 1 unspecified atom stereocenters. The van der Waals surface area contributed by atoms with E-state index in [9.17, 15) is 9.59 Å². The Balaban J connectivity index is 3.88. The molecule has 33 heavy (non-hydrogen) atoms. The van der Waals surface area contributed by atoms with E-state index in [1.54, 1.807) is 0 Å². The van der Waals surface area contributed by atoms with Crippen LogP contribution in [0.25, 0.3) is 0 Å². The number of carboxylic acid groups (broad SMARTS) is 1. The van der Waals surface area contributed by atoms with E-state index in [0.29, 0.717) is 6.42 Å². The van der Waals surface area contributed by atoms with Gasteiger partial charge in [-0.15, -0.1) is 0 Å². The lowest BCUT2D eigenvalue weighted by Gasteiger charge is -2.18. The van der Waals surface area contributed by atoms with Crippen LogP contribution in [0.4, 0.5) is 0 Å². The van der Waals surface area contributed by atoms with Gasteiger partial charge in [-0.3, -0.25) is 9.59 Å². The van der Waals surface area contributed by atoms with Crippen molar-refractivity contribution in [3.63, 3.8) is 0 Å². The molecule has 0 spiro atoms. The topological polar surface area (TPSA) is 63.6 Å². The molecule has 0 amide bonds. The van der Waals surface area contributed by atoms with Crippen LogP contribution < -0.4 is 0 Å². The molecule has 0 aliphatic heterocycles. The van der Waals surface area contributed by atoms with Gasteiger partial charge in [0.1, 0.15) is 6.10 Å². The third-order valence-corrected chi connectivity index (χ3v) is 6.58. The highest BCUT2D eigenvalue weighted by molar-refractivity contribution is 5.69. The maximum atomic E-state index is 12.4. The number of ether oxygens (including phenoxy) is 1. The Kier molecular flexibility index (Phi) is 24.7. The van der Waals surface area contributed by atoms with Crippen molar-refractivity contribution in [1.82, 2.24) is 0 Å². The maximum absolute atomic E-state index is 12.4. The number of aliphatic carboxylic acids is 1. The average molecular weight is 469 g/mol. The van der Waals surface area contributed by atoms with E-state index in [0.717, 1.165) is 70.6 Å². The molecule has 0 aromatic carbocycles. The van der Waals surface area contributed by atoms with Crippen LogP contribution in [0, 0.1) is 0 Å². The van der Waals surface area contributed by atoms with Crippen molar-refractivity contribution < 1.29 is 19.4 Å². The van der Waals surface area contributed by atoms with Crippen molar-refractivity contribution >= 4 is 11.9 Å². The number of rotatable bonds is 26. The van der Waals surface area contributed by atoms with Crippen LogP contribution in [-0.2, 0) is 14.3 Å². The predicted octanol–water partition coefficient (Wildman–Crippen LogP) is 9.39. The first-order valence-electron chi connectivity index (χ1n) is 14.5. The van der Waals surface area contributed by atoms with Gasteiger partial charge < -0.3 is 9.84 Å². The number of esters is 1. The van der Waals surface area contributed by atoms with Gasteiger partial charge in [0.05, 0.1) is 0 Å². The molecule has 1 N–H and O–H groups in total. The summed E-state index contributed by atoms with van der Waals surface area (Å²) >= 11 is 0. The maximum Gasteiger partial charge on any atom is 0.306 e. The standard InChI is InChI=1S/C29H56O4/c1-3-5-7-9-10-11-12-13-18-22-26-29(32)33-27(23-19-8-6-4-2)24-20-16-14-15-17-21-25-28(30)31/h27H,3-26H2,1-2H3,(H,30,31). The van der Waals surface area contributed by atoms with E-state index in [1.807, 2.05) is 0 Å². The van der Waals surface area contributed by atoms with Crippen molar-refractivity contribution in [3.8, 4) is 0 Å². The van der Waals surface area contributed by atoms with Gasteiger partial charge in [0, 0.05) is 12.8 Å². The van der Waals surface area contributed by atoms with Crippen LogP contribution in [0.2, 0.25) is 0 Å². The molecule has 0 heterocycles. The van der Waals surface area contributed by atoms with Gasteiger partial charge in [-0.05, 0) is 38.5 Å². The number of unbranched alkanes of at least 4 members (excludes halogenated alkanes) is 17. The first kappa shape index (κ1) is 31.9. The summed E-state index contributed by atoms with van der Waals surface area (Å²) in [5.41, 5.74) is 0. The van der Waals surface area contributed by atoms with Gasteiger partial charge in [0.25, 0.3) is 0 Å². The number of hydrogen-bond acceptors (Lipinski definition) is 3. The summed E-state index contributed by atoms with van der Waals surface area (Å²) in [6.07, 6.45) is 26.9. The molecule has 0 rings (SSSR count). The monoisotopic (exact) mass is 468 g/mol. The molecule has 4 nitrogen and oxygen atoms in total. The van der Waals surface area contributed by atoms with E-state index in [-0.39, 0.29) is 18.5 Å². The molecule has 0 aromatic heterocycles. The number of carboxylic acids is 1. The lowest BCUT2D eigenvalue weighted by Crippen LogP contribution is -2.18. The Morgan fingerprint density at radius 1 is 0.545 bits per heavy atom. The van der Waals surface area contributed by atoms with Crippen LogP contribution >= 0.6 is 0 Å².